The molecule has 0 unspecified atom stereocenters. The van der Waals surface area contributed by atoms with Crippen molar-refractivity contribution in [1.29, 1.82) is 0 Å². The van der Waals surface area contributed by atoms with Gasteiger partial charge in [0.15, 0.2) is 0 Å². The number of likely N-dealkylation sites (tertiary alicyclic amines) is 5. The van der Waals surface area contributed by atoms with Gasteiger partial charge in [-0.1, -0.05) is 20.8 Å². The van der Waals surface area contributed by atoms with Crippen molar-refractivity contribution in [2.24, 2.45) is 17.8 Å². The third kappa shape index (κ3) is 20.5. The largest absolute Gasteiger partial charge is 0.338 e. The zero-order valence-electron chi connectivity index (χ0n) is 42.9. The molecule has 0 atom stereocenters. The van der Waals surface area contributed by atoms with Crippen LogP contribution >= 0.6 is 0 Å². The van der Waals surface area contributed by atoms with Crippen LogP contribution in [0.1, 0.15) is 195 Å². The minimum Gasteiger partial charge on any atom is -0.338 e. The summed E-state index contributed by atoms with van der Waals surface area (Å²) in [7, 11) is -2.65. The summed E-state index contributed by atoms with van der Waals surface area (Å²) in [5.74, 6) is 3.56. The molecular formula is C49H91N5O8S. The molecule has 6 rings (SSSR count). The minimum absolute atomic E-state index is 0.0253. The predicted octanol–water partition coefficient (Wildman–Crippen LogP) is 8.28. The number of rotatable bonds is 2. The number of hydrogen-bond acceptors (Lipinski definition) is 9. The molecule has 14 heteroatoms. The summed E-state index contributed by atoms with van der Waals surface area (Å²) in [6.45, 7) is 39.5. The molecule has 0 radical (unpaired) electrons. The maximum Gasteiger partial charge on any atom is 0.230 e. The van der Waals surface area contributed by atoms with Crippen LogP contribution in [0.5, 0.6) is 0 Å². The summed E-state index contributed by atoms with van der Waals surface area (Å²) in [5, 5.41) is 0. The SMILES string of the molecule is CC(C)(C)N1C(=O)CCC1=O.CC(C)(C)N1C(=O)CCCC1=O.CC(C)(C)N1CCCC1=O.CC(C)(C)N1CCCCC1=O.CC(C)C1CCS(=O)(=O)CC1.CC1CN(C(C)C)C1. The van der Waals surface area contributed by atoms with E-state index in [0.29, 0.717) is 67.3 Å². The van der Waals surface area contributed by atoms with Crippen LogP contribution in [0.15, 0.2) is 0 Å². The lowest BCUT2D eigenvalue weighted by atomic mass is 9.91. The van der Waals surface area contributed by atoms with E-state index in [9.17, 15) is 37.2 Å². The number of amides is 6. The molecule has 63 heavy (non-hydrogen) atoms. The minimum atomic E-state index is -2.65. The van der Waals surface area contributed by atoms with Crippen LogP contribution in [0.25, 0.3) is 0 Å². The highest BCUT2D eigenvalue weighted by atomic mass is 32.2. The summed E-state index contributed by atoms with van der Waals surface area (Å²) in [4.78, 5) is 76.7. The molecular weight excluding hydrogens is 819 g/mol. The van der Waals surface area contributed by atoms with E-state index in [1.165, 1.54) is 29.3 Å². The topological polar surface area (TPSA) is 153 Å². The van der Waals surface area contributed by atoms with Crippen LogP contribution in [0.3, 0.4) is 0 Å². The van der Waals surface area contributed by atoms with Gasteiger partial charge in [-0.25, -0.2) is 8.42 Å². The smallest absolute Gasteiger partial charge is 0.230 e. The molecule has 0 spiro atoms. The average Bonchev–Trinajstić information content (AvgIpc) is 3.71. The molecule has 0 saturated carbocycles. The second-order valence-electron chi connectivity index (χ2n) is 22.8. The van der Waals surface area contributed by atoms with Gasteiger partial charge >= 0.3 is 0 Å². The Kier molecular flexibility index (Phi) is 22.7. The van der Waals surface area contributed by atoms with E-state index < -0.39 is 9.84 Å². The Balaban J connectivity index is 0.000000379. The van der Waals surface area contributed by atoms with Crippen molar-refractivity contribution in [3.8, 4) is 0 Å². The molecule has 0 aromatic carbocycles. The fourth-order valence-corrected chi connectivity index (χ4v) is 9.97. The zero-order valence-corrected chi connectivity index (χ0v) is 43.8. The molecule has 0 aliphatic carbocycles. The summed E-state index contributed by atoms with van der Waals surface area (Å²) in [5.41, 5.74) is -0.635. The molecule has 0 bridgehead atoms. The molecule has 13 nitrogen and oxygen atoms in total. The Bertz CT molecular complexity index is 1580. The van der Waals surface area contributed by atoms with E-state index in [1.54, 1.807) is 0 Å². The number of nitrogens with zero attached hydrogens (tertiary/aromatic N) is 5. The van der Waals surface area contributed by atoms with Gasteiger partial charge in [0.1, 0.15) is 9.84 Å². The van der Waals surface area contributed by atoms with Crippen LogP contribution in [0.2, 0.25) is 0 Å². The Morgan fingerprint density at radius 1 is 0.476 bits per heavy atom. The Morgan fingerprint density at radius 3 is 1.08 bits per heavy atom. The summed E-state index contributed by atoms with van der Waals surface area (Å²) < 4.78 is 22.0. The molecule has 6 heterocycles. The third-order valence-electron chi connectivity index (χ3n) is 12.1. The quantitative estimate of drug-likeness (QED) is 0.249. The lowest BCUT2D eigenvalue weighted by Crippen LogP contribution is -2.51. The molecule has 6 saturated heterocycles. The van der Waals surface area contributed by atoms with E-state index in [1.807, 2.05) is 51.3 Å². The van der Waals surface area contributed by atoms with E-state index in [2.05, 4.69) is 81.1 Å². The van der Waals surface area contributed by atoms with Crippen molar-refractivity contribution in [1.82, 2.24) is 24.5 Å². The van der Waals surface area contributed by atoms with Gasteiger partial charge in [-0.05, 0) is 153 Å². The van der Waals surface area contributed by atoms with Gasteiger partial charge in [-0.15, -0.1) is 0 Å². The first-order valence-corrected chi connectivity index (χ1v) is 25.7. The Hall–Kier alpha value is -2.87. The first-order valence-electron chi connectivity index (χ1n) is 23.9. The fourth-order valence-electron chi connectivity index (χ4n) is 8.44. The monoisotopic (exact) mass is 910 g/mol. The predicted molar refractivity (Wildman–Crippen MR) is 254 cm³/mol. The fraction of sp³-hybridized carbons (Fsp3) is 0.878. The lowest BCUT2D eigenvalue weighted by molar-refractivity contribution is -0.154. The van der Waals surface area contributed by atoms with Crippen LogP contribution in [-0.2, 0) is 38.6 Å². The number of carbonyl (C=O) groups is 6. The van der Waals surface area contributed by atoms with Gasteiger partial charge in [0.25, 0.3) is 0 Å². The number of sulfone groups is 1. The number of carbonyl (C=O) groups excluding carboxylic acids is 6. The maximum absolute atomic E-state index is 11.4. The van der Waals surface area contributed by atoms with Gasteiger partial charge < -0.3 is 14.7 Å². The molecule has 0 aromatic rings. The second kappa shape index (κ2) is 24.6. The normalized spacial score (nSPS) is 21.6. The Morgan fingerprint density at radius 2 is 0.825 bits per heavy atom. The third-order valence-corrected chi connectivity index (χ3v) is 13.8. The van der Waals surface area contributed by atoms with Gasteiger partial charge in [0.2, 0.25) is 35.4 Å². The molecule has 366 valence electrons. The van der Waals surface area contributed by atoms with E-state index in [4.69, 9.17) is 0 Å². The highest BCUT2D eigenvalue weighted by Gasteiger charge is 2.37. The van der Waals surface area contributed by atoms with Crippen molar-refractivity contribution in [3.05, 3.63) is 0 Å². The van der Waals surface area contributed by atoms with Crippen molar-refractivity contribution in [3.63, 3.8) is 0 Å². The highest BCUT2D eigenvalue weighted by molar-refractivity contribution is 7.91. The van der Waals surface area contributed by atoms with Gasteiger partial charge in [-0.3, -0.25) is 38.6 Å². The molecule has 6 aliphatic heterocycles. The summed E-state index contributed by atoms with van der Waals surface area (Å²) in [6.07, 6.45) is 9.04. The van der Waals surface area contributed by atoms with Crippen molar-refractivity contribution < 1.29 is 37.2 Å². The number of hydrogen-bond donors (Lipinski definition) is 0. The summed E-state index contributed by atoms with van der Waals surface area (Å²) in [6, 6.07) is 0.770. The van der Waals surface area contributed by atoms with E-state index in [-0.39, 0.29) is 45.8 Å². The first kappa shape index (κ1) is 58.1. The first-order chi connectivity index (χ1) is 28.6. The van der Waals surface area contributed by atoms with Crippen LogP contribution in [0.4, 0.5) is 0 Å². The van der Waals surface area contributed by atoms with Crippen LogP contribution in [0, 0.1) is 17.8 Å². The zero-order chi connectivity index (χ0) is 48.9. The van der Waals surface area contributed by atoms with Crippen LogP contribution in [-0.4, -0.2) is 134 Å². The van der Waals surface area contributed by atoms with E-state index in [0.717, 1.165) is 63.6 Å². The van der Waals surface area contributed by atoms with Crippen molar-refractivity contribution >= 4 is 45.3 Å². The average molecular weight is 910 g/mol. The second-order valence-corrected chi connectivity index (χ2v) is 25.1. The molecule has 6 aliphatic rings. The van der Waals surface area contributed by atoms with Crippen LogP contribution < -0.4 is 0 Å². The highest BCUT2D eigenvalue weighted by Crippen LogP contribution is 2.26. The summed E-state index contributed by atoms with van der Waals surface area (Å²) >= 11 is 0. The van der Waals surface area contributed by atoms with Crippen molar-refractivity contribution in [2.45, 2.75) is 223 Å². The molecule has 0 aromatic heterocycles. The van der Waals surface area contributed by atoms with E-state index >= 15 is 0 Å². The van der Waals surface area contributed by atoms with Gasteiger partial charge in [0, 0.05) is 92.9 Å². The maximum atomic E-state index is 11.4. The molecule has 6 fully saturated rings. The lowest BCUT2D eigenvalue weighted by Gasteiger charge is -2.40. The van der Waals surface area contributed by atoms with Gasteiger partial charge in [-0.2, -0.15) is 0 Å². The molecule has 6 amide bonds. The number of piperidine rings is 2. The Labute approximate surface area is 384 Å². The number of imide groups is 2. The van der Waals surface area contributed by atoms with Crippen molar-refractivity contribution in [2.75, 3.05) is 37.7 Å². The molecule has 0 N–H and O–H groups in total. The van der Waals surface area contributed by atoms with Gasteiger partial charge in [0.05, 0.1) is 11.5 Å². The standard InChI is InChI=1S/C9H15NO2.C9H17NO.C8H13NO2.C8H15NO.C8H16O2S.C7H15N/c1-9(2,3)10-7(11)5-4-6-8(10)12;1-9(2,3)10-7-5-4-6-8(10)11;1-8(2,3)9-6(10)4-5-7(9)11;1-8(2,3)9-6-4-5-7(9)10;1-7(2)8-3-5-11(9,10)6-4-8;1-6(2)8-4-7(3)5-8/h4-6H2,1-3H3;4-7H2,1-3H3;4-5H2,1-3H3;4-6H2,1-3H3;7-8H,3-6H2,1-2H3;6-7H,4-5H2,1-3H3.